The largest absolute Gasteiger partial charge is 0.333 e. The summed E-state index contributed by atoms with van der Waals surface area (Å²) < 4.78 is 25.2. The van der Waals surface area contributed by atoms with Crippen LogP contribution >= 0.6 is 0 Å². The Morgan fingerprint density at radius 3 is 2.50 bits per heavy atom. The van der Waals surface area contributed by atoms with Crippen molar-refractivity contribution in [2.24, 2.45) is 0 Å². The molecular formula is C2H5F2NO. The van der Waals surface area contributed by atoms with Crippen LogP contribution in [0.2, 0.25) is 0 Å². The Morgan fingerprint density at radius 2 is 2.33 bits per heavy atom. The maximum absolute atomic E-state index is 10.8. The normalized spacial score (nSPS) is 9.00. The van der Waals surface area contributed by atoms with Crippen molar-refractivity contribution in [3.63, 3.8) is 0 Å². The predicted octanol–water partition coefficient (Wildman–Crippen LogP) is 0.362. The van der Waals surface area contributed by atoms with Crippen molar-refractivity contribution < 1.29 is 13.6 Å². The Bertz CT molecular complexity index is 23.5. The zero-order chi connectivity index (χ0) is 4.83. The number of halogens is 2. The topological polar surface area (TPSA) is 21.3 Å². The van der Waals surface area contributed by atoms with E-state index < -0.39 is 6.86 Å². The first-order valence-electron chi connectivity index (χ1n) is 1.39. The van der Waals surface area contributed by atoms with E-state index in [1.54, 1.807) is 0 Å². The van der Waals surface area contributed by atoms with E-state index in [-0.39, 0.29) is 6.73 Å². The Kier molecular flexibility index (Phi) is 4.60. The Hall–Kier alpha value is -0.220. The van der Waals surface area contributed by atoms with Gasteiger partial charge in [-0.1, -0.05) is 0 Å². The fourth-order valence-electron chi connectivity index (χ4n) is 0.0772. The van der Waals surface area contributed by atoms with E-state index in [0.717, 1.165) is 5.54 Å². The number of nitrogens with one attached hydrogen (secondary N) is 1. The van der Waals surface area contributed by atoms with E-state index in [9.17, 15) is 8.87 Å². The average molecular weight is 97.1 g/mol. The van der Waals surface area contributed by atoms with Crippen molar-refractivity contribution in [1.29, 1.82) is 0 Å². The molecule has 0 aliphatic rings. The van der Waals surface area contributed by atoms with Crippen molar-refractivity contribution in [2.75, 3.05) is 13.6 Å². The quantitative estimate of drug-likeness (QED) is 0.312. The number of alkyl halides is 1. The maximum atomic E-state index is 10.8. The zero-order valence-electron chi connectivity index (χ0n) is 3.08. The van der Waals surface area contributed by atoms with Crippen LogP contribution in [0.25, 0.3) is 0 Å². The molecule has 0 aliphatic heterocycles. The predicted molar refractivity (Wildman–Crippen MR) is 16.2 cm³/mol. The third kappa shape index (κ3) is 3.78. The van der Waals surface area contributed by atoms with Gasteiger partial charge < -0.3 is 4.74 Å². The summed E-state index contributed by atoms with van der Waals surface area (Å²) in [4.78, 5) is 0. The fourth-order valence-corrected chi connectivity index (χ4v) is 0.0772. The molecule has 0 atom stereocenters. The second-order valence-corrected chi connectivity index (χ2v) is 0.591. The number of ether oxygens (including phenoxy) is 1. The number of hydrogen-bond acceptors (Lipinski definition) is 2. The van der Waals surface area contributed by atoms with Gasteiger partial charge in [0.1, 0.15) is 6.73 Å². The summed E-state index contributed by atoms with van der Waals surface area (Å²) in [7, 11) is 0. The maximum Gasteiger partial charge on any atom is 0.190 e. The Morgan fingerprint density at radius 1 is 1.67 bits per heavy atom. The first-order chi connectivity index (χ1) is 2.91. The van der Waals surface area contributed by atoms with Crippen LogP contribution in [0.5, 0.6) is 0 Å². The second kappa shape index (κ2) is 4.78. The highest BCUT2D eigenvalue weighted by molar-refractivity contribution is 3.99. The molecule has 0 unspecified atom stereocenters. The molecule has 0 rings (SSSR count). The molecule has 4 heteroatoms. The van der Waals surface area contributed by atoms with Gasteiger partial charge in [0.05, 0.1) is 0 Å². The summed E-state index contributed by atoms with van der Waals surface area (Å²) in [5.74, 6) is 0. The van der Waals surface area contributed by atoms with Crippen molar-refractivity contribution in [3.05, 3.63) is 0 Å². The van der Waals surface area contributed by atoms with Gasteiger partial charge >= 0.3 is 0 Å². The van der Waals surface area contributed by atoms with Gasteiger partial charge in [0.15, 0.2) is 6.86 Å². The van der Waals surface area contributed by atoms with E-state index in [1.165, 1.54) is 0 Å². The molecule has 2 nitrogen and oxygen atoms in total. The van der Waals surface area contributed by atoms with E-state index in [2.05, 4.69) is 4.74 Å². The van der Waals surface area contributed by atoms with Crippen molar-refractivity contribution in [1.82, 2.24) is 5.54 Å². The molecule has 0 heterocycles. The summed E-state index contributed by atoms with van der Waals surface area (Å²) in [5, 5.41) is 0. The molecule has 0 aromatic carbocycles. The van der Waals surface area contributed by atoms with Crippen molar-refractivity contribution >= 4 is 0 Å². The van der Waals surface area contributed by atoms with E-state index in [0.29, 0.717) is 0 Å². The molecule has 0 amide bonds. The Balaban J connectivity index is 2.34. The third-order valence-electron chi connectivity index (χ3n) is 0.234. The first-order valence-corrected chi connectivity index (χ1v) is 1.39. The standard InChI is InChI=1S/C2H5F2NO/c3-1-6-2-5-4/h5H,1-2H2. The minimum Gasteiger partial charge on any atom is -0.333 e. The van der Waals surface area contributed by atoms with Gasteiger partial charge in [0.2, 0.25) is 0 Å². The highest BCUT2D eigenvalue weighted by Crippen LogP contribution is 1.67. The van der Waals surface area contributed by atoms with Crippen LogP contribution in [0.4, 0.5) is 8.87 Å². The molecule has 0 saturated carbocycles. The zero-order valence-corrected chi connectivity index (χ0v) is 3.08. The van der Waals surface area contributed by atoms with Gasteiger partial charge in [-0.2, -0.15) is 0 Å². The van der Waals surface area contributed by atoms with Gasteiger partial charge in [0, 0.05) is 0 Å². The lowest BCUT2D eigenvalue weighted by molar-refractivity contribution is 0.0177. The molecule has 0 aliphatic carbocycles. The summed E-state index contributed by atoms with van der Waals surface area (Å²) in [6, 6.07) is 0. The molecule has 0 aromatic heterocycles. The Labute approximate surface area is 34.0 Å². The van der Waals surface area contributed by atoms with Crippen LogP contribution in [0.1, 0.15) is 0 Å². The van der Waals surface area contributed by atoms with Crippen molar-refractivity contribution in [2.45, 2.75) is 0 Å². The first kappa shape index (κ1) is 5.78. The molecule has 0 fully saturated rings. The summed E-state index contributed by atoms with van der Waals surface area (Å²) in [6.07, 6.45) is 0. The molecule has 6 heavy (non-hydrogen) atoms. The summed E-state index contributed by atoms with van der Waals surface area (Å²) in [6.45, 7) is -1.33. The van der Waals surface area contributed by atoms with E-state index in [1.807, 2.05) is 0 Å². The lowest BCUT2D eigenvalue weighted by Crippen LogP contribution is -2.05. The summed E-state index contributed by atoms with van der Waals surface area (Å²) in [5.41, 5.74) is 1.11. The molecule has 1 N–H and O–H groups in total. The van der Waals surface area contributed by atoms with Gasteiger partial charge in [0.25, 0.3) is 0 Å². The minimum absolute atomic E-state index is 0.378. The average Bonchev–Trinajstić information content (AvgIpc) is 1.61. The summed E-state index contributed by atoms with van der Waals surface area (Å²) >= 11 is 0. The van der Waals surface area contributed by atoms with Crippen LogP contribution in [0, 0.1) is 0 Å². The highest BCUT2D eigenvalue weighted by Gasteiger charge is 1.75. The van der Waals surface area contributed by atoms with Crippen LogP contribution in [-0.4, -0.2) is 13.6 Å². The molecular weight excluding hydrogens is 92.0 g/mol. The molecule has 38 valence electrons. The SMILES string of the molecule is FCOCNF. The monoisotopic (exact) mass is 97.0 g/mol. The van der Waals surface area contributed by atoms with E-state index >= 15 is 0 Å². The smallest absolute Gasteiger partial charge is 0.190 e. The van der Waals surface area contributed by atoms with Crippen LogP contribution in [-0.2, 0) is 4.74 Å². The number of rotatable bonds is 3. The molecule has 0 spiro atoms. The molecule has 0 saturated heterocycles. The third-order valence-corrected chi connectivity index (χ3v) is 0.234. The van der Waals surface area contributed by atoms with E-state index in [4.69, 9.17) is 0 Å². The van der Waals surface area contributed by atoms with Gasteiger partial charge in [-0.25, -0.2) is 4.39 Å². The highest BCUT2D eigenvalue weighted by atomic mass is 19.2. The van der Waals surface area contributed by atoms with Crippen LogP contribution in [0.15, 0.2) is 0 Å². The van der Waals surface area contributed by atoms with Crippen LogP contribution < -0.4 is 5.54 Å². The van der Waals surface area contributed by atoms with Gasteiger partial charge in [-0.05, 0) is 0 Å². The number of hydrogen-bond donors (Lipinski definition) is 1. The lowest BCUT2D eigenvalue weighted by atomic mass is 11.3. The van der Waals surface area contributed by atoms with Gasteiger partial charge in [-0.15, -0.1) is 10.0 Å². The second-order valence-electron chi connectivity index (χ2n) is 0.591. The van der Waals surface area contributed by atoms with Crippen molar-refractivity contribution in [3.8, 4) is 0 Å². The lowest BCUT2D eigenvalue weighted by Gasteiger charge is -1.88. The fraction of sp³-hybridized carbons (Fsp3) is 1.00. The van der Waals surface area contributed by atoms with Gasteiger partial charge in [-0.3, -0.25) is 0 Å². The molecule has 0 bridgehead atoms. The minimum atomic E-state index is -0.947. The molecule has 0 aromatic rings. The van der Waals surface area contributed by atoms with Crippen LogP contribution in [0.3, 0.4) is 0 Å². The molecule has 0 radical (unpaired) electrons.